The number of aryl methyl sites for hydroxylation is 1. The SMILES string of the molecule is Cn1cc(C2=CN(C(=O)OC(C)(C)C)CCC2=O)cn1. The lowest BCUT2D eigenvalue weighted by Crippen LogP contribution is -2.37. The van der Waals surface area contributed by atoms with E-state index in [1.54, 1.807) is 30.3 Å². The summed E-state index contributed by atoms with van der Waals surface area (Å²) in [6, 6.07) is 0. The van der Waals surface area contributed by atoms with E-state index in [-0.39, 0.29) is 5.78 Å². The van der Waals surface area contributed by atoms with Gasteiger partial charge in [0.15, 0.2) is 5.78 Å². The molecule has 0 spiro atoms. The molecule has 6 nitrogen and oxygen atoms in total. The van der Waals surface area contributed by atoms with Gasteiger partial charge in [-0.1, -0.05) is 0 Å². The van der Waals surface area contributed by atoms with E-state index in [2.05, 4.69) is 5.10 Å². The van der Waals surface area contributed by atoms with Gasteiger partial charge in [0.25, 0.3) is 0 Å². The fourth-order valence-corrected chi connectivity index (χ4v) is 1.91. The number of allylic oxidation sites excluding steroid dienone is 1. The largest absolute Gasteiger partial charge is 0.443 e. The van der Waals surface area contributed by atoms with Gasteiger partial charge in [-0.2, -0.15) is 5.10 Å². The Hall–Kier alpha value is -2.11. The van der Waals surface area contributed by atoms with Crippen LogP contribution in [0.25, 0.3) is 5.57 Å². The van der Waals surface area contributed by atoms with Crippen LogP contribution in [-0.2, 0) is 16.6 Å². The highest BCUT2D eigenvalue weighted by Gasteiger charge is 2.27. The number of nitrogens with zero attached hydrogens (tertiary/aromatic N) is 3. The van der Waals surface area contributed by atoms with Crippen molar-refractivity contribution in [2.75, 3.05) is 6.54 Å². The topological polar surface area (TPSA) is 64.4 Å². The third-order valence-corrected chi connectivity index (χ3v) is 2.81. The molecule has 0 atom stereocenters. The first kappa shape index (κ1) is 14.3. The maximum Gasteiger partial charge on any atom is 0.414 e. The van der Waals surface area contributed by atoms with Crippen molar-refractivity contribution >= 4 is 17.4 Å². The number of ether oxygens (including phenoxy) is 1. The minimum absolute atomic E-state index is 0.0119. The zero-order valence-electron chi connectivity index (χ0n) is 12.2. The lowest BCUT2D eigenvalue weighted by atomic mass is 10.0. The molecule has 6 heteroatoms. The van der Waals surface area contributed by atoms with E-state index in [9.17, 15) is 9.59 Å². The normalized spacial score (nSPS) is 16.1. The molecule has 1 aromatic rings. The second-order valence-electron chi connectivity index (χ2n) is 5.79. The Labute approximate surface area is 118 Å². The highest BCUT2D eigenvalue weighted by Crippen LogP contribution is 2.23. The maximum absolute atomic E-state index is 12.0. The van der Waals surface area contributed by atoms with Crippen molar-refractivity contribution in [3.05, 3.63) is 24.2 Å². The van der Waals surface area contributed by atoms with Gasteiger partial charge >= 0.3 is 6.09 Å². The quantitative estimate of drug-likeness (QED) is 0.787. The van der Waals surface area contributed by atoms with E-state index in [0.29, 0.717) is 24.1 Å². The van der Waals surface area contributed by atoms with Crippen LogP contribution in [0, 0.1) is 0 Å². The molecule has 1 aliphatic rings. The van der Waals surface area contributed by atoms with Gasteiger partial charge in [-0.05, 0) is 20.8 Å². The van der Waals surface area contributed by atoms with Crippen molar-refractivity contribution in [3.63, 3.8) is 0 Å². The number of amides is 1. The average molecular weight is 277 g/mol. The third kappa shape index (κ3) is 3.26. The molecule has 0 saturated heterocycles. The number of hydrogen-bond donors (Lipinski definition) is 0. The van der Waals surface area contributed by atoms with E-state index < -0.39 is 11.7 Å². The first-order valence-electron chi connectivity index (χ1n) is 6.50. The monoisotopic (exact) mass is 277 g/mol. The number of Topliss-reactive ketones (excluding diaryl/α,β-unsaturated/α-hetero) is 1. The first-order valence-corrected chi connectivity index (χ1v) is 6.50. The maximum atomic E-state index is 12.0. The predicted molar refractivity (Wildman–Crippen MR) is 73.7 cm³/mol. The summed E-state index contributed by atoms with van der Waals surface area (Å²) in [6.45, 7) is 5.78. The van der Waals surface area contributed by atoms with Gasteiger partial charge in [0.05, 0.1) is 6.20 Å². The molecule has 0 N–H and O–H groups in total. The molecule has 0 fully saturated rings. The molecule has 20 heavy (non-hydrogen) atoms. The van der Waals surface area contributed by atoms with Crippen molar-refractivity contribution in [1.82, 2.24) is 14.7 Å². The molecule has 0 aromatic carbocycles. The number of carbonyl (C=O) groups is 2. The molecule has 0 aliphatic carbocycles. The molecule has 0 unspecified atom stereocenters. The van der Waals surface area contributed by atoms with Crippen LogP contribution in [0.1, 0.15) is 32.8 Å². The molecule has 1 aromatic heterocycles. The third-order valence-electron chi connectivity index (χ3n) is 2.81. The Kier molecular flexibility index (Phi) is 3.65. The van der Waals surface area contributed by atoms with E-state index in [0.717, 1.165) is 0 Å². The smallest absolute Gasteiger partial charge is 0.414 e. The second-order valence-corrected chi connectivity index (χ2v) is 5.79. The summed E-state index contributed by atoms with van der Waals surface area (Å²) in [5.74, 6) is 0.0119. The first-order chi connectivity index (χ1) is 9.26. The van der Waals surface area contributed by atoms with Crippen molar-refractivity contribution in [3.8, 4) is 0 Å². The molecule has 2 rings (SSSR count). The Bertz CT molecular complexity index is 566. The Balaban J connectivity index is 2.23. The van der Waals surface area contributed by atoms with E-state index in [1.165, 1.54) is 4.90 Å². The molecule has 1 amide bonds. The fourth-order valence-electron chi connectivity index (χ4n) is 1.91. The van der Waals surface area contributed by atoms with Gasteiger partial charge in [-0.25, -0.2) is 4.79 Å². The molecule has 0 saturated carbocycles. The average Bonchev–Trinajstić information content (AvgIpc) is 2.74. The van der Waals surface area contributed by atoms with Crippen LogP contribution in [0.3, 0.4) is 0 Å². The molecular weight excluding hydrogens is 258 g/mol. The lowest BCUT2D eigenvalue weighted by Gasteiger charge is -2.27. The summed E-state index contributed by atoms with van der Waals surface area (Å²) in [5.41, 5.74) is 0.655. The van der Waals surface area contributed by atoms with Crippen LogP contribution in [-0.4, -0.2) is 38.7 Å². The van der Waals surface area contributed by atoms with Crippen LogP contribution < -0.4 is 0 Å². The second kappa shape index (κ2) is 5.11. The lowest BCUT2D eigenvalue weighted by molar-refractivity contribution is -0.114. The summed E-state index contributed by atoms with van der Waals surface area (Å²) >= 11 is 0. The van der Waals surface area contributed by atoms with Crippen LogP contribution in [0.5, 0.6) is 0 Å². The fraction of sp³-hybridized carbons (Fsp3) is 0.500. The predicted octanol–water partition coefficient (Wildman–Crippen LogP) is 1.97. The molecule has 0 radical (unpaired) electrons. The molecule has 0 bridgehead atoms. The van der Waals surface area contributed by atoms with Crippen LogP contribution in [0.2, 0.25) is 0 Å². The summed E-state index contributed by atoms with van der Waals surface area (Å²) in [4.78, 5) is 25.4. The van der Waals surface area contributed by atoms with Crippen LogP contribution in [0.15, 0.2) is 18.6 Å². The van der Waals surface area contributed by atoms with E-state index >= 15 is 0 Å². The number of ketones is 1. The van der Waals surface area contributed by atoms with Gasteiger partial charge in [0, 0.05) is 43.5 Å². The molecule has 2 heterocycles. The number of hydrogen-bond acceptors (Lipinski definition) is 4. The standard InChI is InChI=1S/C14H19N3O3/c1-14(2,3)20-13(19)17-6-5-12(18)11(9-17)10-7-15-16(4)8-10/h7-9H,5-6H2,1-4H3. The van der Waals surface area contributed by atoms with Gasteiger partial charge in [0.2, 0.25) is 0 Å². The zero-order valence-corrected chi connectivity index (χ0v) is 12.2. The molecule has 1 aliphatic heterocycles. The Morgan fingerprint density at radius 2 is 2.10 bits per heavy atom. The van der Waals surface area contributed by atoms with E-state index in [4.69, 9.17) is 4.74 Å². The zero-order chi connectivity index (χ0) is 14.9. The Morgan fingerprint density at radius 1 is 1.40 bits per heavy atom. The van der Waals surface area contributed by atoms with Crippen molar-refractivity contribution in [2.45, 2.75) is 32.8 Å². The van der Waals surface area contributed by atoms with Gasteiger partial charge in [0.1, 0.15) is 5.60 Å². The highest BCUT2D eigenvalue weighted by atomic mass is 16.6. The summed E-state index contributed by atoms with van der Waals surface area (Å²) in [5, 5.41) is 4.04. The number of aromatic nitrogens is 2. The number of carbonyl (C=O) groups excluding carboxylic acids is 2. The van der Waals surface area contributed by atoms with Crippen molar-refractivity contribution in [1.29, 1.82) is 0 Å². The number of rotatable bonds is 1. The minimum Gasteiger partial charge on any atom is -0.443 e. The van der Waals surface area contributed by atoms with E-state index in [1.807, 2.05) is 20.8 Å². The highest BCUT2D eigenvalue weighted by molar-refractivity contribution is 6.21. The summed E-state index contributed by atoms with van der Waals surface area (Å²) < 4.78 is 6.93. The Morgan fingerprint density at radius 3 is 2.65 bits per heavy atom. The van der Waals surface area contributed by atoms with Gasteiger partial charge < -0.3 is 4.74 Å². The van der Waals surface area contributed by atoms with Gasteiger partial charge in [-0.3, -0.25) is 14.4 Å². The summed E-state index contributed by atoms with van der Waals surface area (Å²) in [6.07, 6.45) is 4.77. The van der Waals surface area contributed by atoms with Crippen LogP contribution >= 0.6 is 0 Å². The molecular formula is C14H19N3O3. The van der Waals surface area contributed by atoms with Crippen molar-refractivity contribution < 1.29 is 14.3 Å². The molecule has 108 valence electrons. The minimum atomic E-state index is -0.555. The van der Waals surface area contributed by atoms with Crippen LogP contribution in [0.4, 0.5) is 4.79 Å². The van der Waals surface area contributed by atoms with Crippen molar-refractivity contribution in [2.24, 2.45) is 7.05 Å². The van der Waals surface area contributed by atoms with Gasteiger partial charge in [-0.15, -0.1) is 0 Å². The summed E-state index contributed by atoms with van der Waals surface area (Å²) in [7, 11) is 1.78.